The Morgan fingerprint density at radius 1 is 1.00 bits per heavy atom. The maximum atomic E-state index is 14.4. The summed E-state index contributed by atoms with van der Waals surface area (Å²) in [4.78, 5) is 23.4. The number of nitrogens with two attached hydrogens (primary N) is 1. The first-order chi connectivity index (χ1) is 14.6. The molecule has 2 heterocycles. The number of aliphatic imine (C=N–C) groups is 1. The number of benzene rings is 2. The maximum absolute atomic E-state index is 14.4. The molecule has 31 heavy (non-hydrogen) atoms. The number of likely N-dealkylation sites (N-methyl/N-ethyl adjacent to an activating group) is 1. The van der Waals surface area contributed by atoms with Crippen molar-refractivity contribution in [3.8, 4) is 11.1 Å². The van der Waals surface area contributed by atoms with Gasteiger partial charge < -0.3 is 5.73 Å². The summed E-state index contributed by atoms with van der Waals surface area (Å²) in [7, 11) is -0.0181. The van der Waals surface area contributed by atoms with E-state index in [2.05, 4.69) is 41.8 Å². The van der Waals surface area contributed by atoms with E-state index in [1.54, 1.807) is 37.4 Å². The monoisotopic (exact) mass is 432 g/mol. The number of hydrogen-bond acceptors (Lipinski definition) is 4. The minimum Gasteiger partial charge on any atom is -0.369 e. The van der Waals surface area contributed by atoms with Crippen molar-refractivity contribution in [1.29, 1.82) is 0 Å². The highest BCUT2D eigenvalue weighted by Gasteiger charge is 2.49. The van der Waals surface area contributed by atoms with Crippen molar-refractivity contribution in [1.82, 2.24) is 9.88 Å². The van der Waals surface area contributed by atoms with Gasteiger partial charge in [0.05, 0.1) is 8.07 Å². The van der Waals surface area contributed by atoms with Crippen molar-refractivity contribution in [2.24, 2.45) is 10.7 Å². The van der Waals surface area contributed by atoms with E-state index < -0.39 is 19.6 Å². The number of halogens is 1. The molecule has 1 aromatic heterocycles. The first-order valence-corrected chi connectivity index (χ1v) is 13.6. The fourth-order valence-corrected chi connectivity index (χ4v) is 5.09. The first-order valence-electron chi connectivity index (χ1n) is 10.1. The molecule has 4 rings (SSSR count). The van der Waals surface area contributed by atoms with Crippen molar-refractivity contribution in [3.05, 3.63) is 83.9 Å². The summed E-state index contributed by atoms with van der Waals surface area (Å²) in [6.07, 6.45) is 1.41. The number of pyridine rings is 1. The summed E-state index contributed by atoms with van der Waals surface area (Å²) >= 11 is 0. The van der Waals surface area contributed by atoms with Crippen LogP contribution in [-0.4, -0.2) is 36.9 Å². The normalized spacial score (nSPS) is 18.9. The molecule has 0 radical (unpaired) electrons. The summed E-state index contributed by atoms with van der Waals surface area (Å²) in [5.41, 5.74) is 7.18. The predicted octanol–water partition coefficient (Wildman–Crippen LogP) is 3.46. The molecule has 0 fully saturated rings. The Morgan fingerprint density at radius 3 is 2.29 bits per heavy atom. The van der Waals surface area contributed by atoms with Crippen molar-refractivity contribution in [3.63, 3.8) is 0 Å². The topological polar surface area (TPSA) is 71.6 Å². The molecule has 1 aliphatic rings. The third-order valence-electron chi connectivity index (χ3n) is 5.74. The zero-order chi connectivity index (χ0) is 22.4. The minimum atomic E-state index is -1.64. The molecule has 0 spiro atoms. The fraction of sp³-hybridized carbons (Fsp3) is 0.208. The SMILES string of the molecule is CN1C(=O)C(c2cccc(-c3cccnc3F)c2)(c2cccc([Si](C)(C)C)c2)N=C1N. The van der Waals surface area contributed by atoms with Gasteiger partial charge >= 0.3 is 0 Å². The van der Waals surface area contributed by atoms with Gasteiger partial charge in [0.1, 0.15) is 0 Å². The van der Waals surface area contributed by atoms with E-state index in [1.165, 1.54) is 16.3 Å². The van der Waals surface area contributed by atoms with Crippen LogP contribution in [0.15, 0.2) is 71.9 Å². The second-order valence-corrected chi connectivity index (χ2v) is 13.9. The zero-order valence-corrected chi connectivity index (χ0v) is 19.1. The zero-order valence-electron chi connectivity index (χ0n) is 18.1. The molecule has 5 nitrogen and oxygen atoms in total. The van der Waals surface area contributed by atoms with Gasteiger partial charge in [-0.3, -0.25) is 9.69 Å². The van der Waals surface area contributed by atoms with Gasteiger partial charge in [0.15, 0.2) is 11.5 Å². The molecule has 0 bridgehead atoms. The van der Waals surface area contributed by atoms with Gasteiger partial charge in [0, 0.05) is 18.8 Å². The van der Waals surface area contributed by atoms with E-state index in [0.29, 0.717) is 16.7 Å². The number of hydrogen-bond donors (Lipinski definition) is 1. The first kappa shape index (κ1) is 20.9. The lowest BCUT2D eigenvalue weighted by molar-refractivity contribution is -0.129. The molecule has 1 amide bonds. The molecule has 1 unspecified atom stereocenters. The van der Waals surface area contributed by atoms with Gasteiger partial charge in [-0.25, -0.2) is 9.98 Å². The van der Waals surface area contributed by atoms with Crippen molar-refractivity contribution in [2.75, 3.05) is 7.05 Å². The quantitative estimate of drug-likeness (QED) is 0.507. The highest BCUT2D eigenvalue weighted by atomic mass is 28.3. The van der Waals surface area contributed by atoms with Gasteiger partial charge in [0.25, 0.3) is 5.91 Å². The van der Waals surface area contributed by atoms with Crippen LogP contribution >= 0.6 is 0 Å². The number of carbonyl (C=O) groups is 1. The summed E-state index contributed by atoms with van der Waals surface area (Å²) in [6.45, 7) is 6.76. The van der Waals surface area contributed by atoms with Gasteiger partial charge in [-0.05, 0) is 34.9 Å². The van der Waals surface area contributed by atoms with Crippen LogP contribution in [-0.2, 0) is 10.3 Å². The summed E-state index contributed by atoms with van der Waals surface area (Å²) in [5.74, 6) is -0.643. The van der Waals surface area contributed by atoms with Gasteiger partial charge in [-0.1, -0.05) is 67.3 Å². The molecule has 1 aliphatic heterocycles. The second-order valence-electron chi connectivity index (χ2n) is 8.80. The minimum absolute atomic E-state index is 0.154. The van der Waals surface area contributed by atoms with Crippen molar-refractivity contribution < 1.29 is 9.18 Å². The van der Waals surface area contributed by atoms with Crippen LogP contribution in [0.25, 0.3) is 11.1 Å². The molecular weight excluding hydrogens is 407 g/mol. The van der Waals surface area contributed by atoms with Gasteiger partial charge in [0.2, 0.25) is 5.95 Å². The number of guanidine groups is 1. The Bertz CT molecular complexity index is 1200. The van der Waals surface area contributed by atoms with E-state index >= 15 is 0 Å². The Kier molecular flexibility index (Phi) is 5.01. The van der Waals surface area contributed by atoms with Gasteiger partial charge in [-0.15, -0.1) is 0 Å². The number of nitrogens with zero attached hydrogens (tertiary/aromatic N) is 3. The lowest BCUT2D eigenvalue weighted by Crippen LogP contribution is -2.43. The van der Waals surface area contributed by atoms with Crippen LogP contribution in [0, 0.1) is 5.95 Å². The molecule has 2 aromatic carbocycles. The molecular formula is C24H25FN4OSi. The Labute approximate surface area is 182 Å². The summed E-state index contributed by atoms with van der Waals surface area (Å²) < 4.78 is 14.4. The standard InChI is InChI=1S/C24H25FN4OSi/c1-29-22(30)24(28-23(29)26,18-10-6-11-19(15-18)31(2,3)4)17-9-5-8-16(14-17)20-12-7-13-27-21(20)25/h5-15H,1-4H3,(H2,26,28). The van der Waals surface area contributed by atoms with E-state index in [-0.39, 0.29) is 11.9 Å². The fourth-order valence-electron chi connectivity index (χ4n) is 3.91. The van der Waals surface area contributed by atoms with Crippen LogP contribution in [0.5, 0.6) is 0 Å². The Morgan fingerprint density at radius 2 is 1.68 bits per heavy atom. The van der Waals surface area contributed by atoms with Crippen LogP contribution < -0.4 is 10.9 Å². The third kappa shape index (κ3) is 3.44. The summed E-state index contributed by atoms with van der Waals surface area (Å²) in [5, 5.41) is 1.22. The Balaban J connectivity index is 1.97. The highest BCUT2D eigenvalue weighted by Crippen LogP contribution is 2.40. The average Bonchev–Trinajstić information content (AvgIpc) is 2.98. The highest BCUT2D eigenvalue weighted by molar-refractivity contribution is 6.88. The van der Waals surface area contributed by atoms with E-state index in [1.807, 2.05) is 18.2 Å². The number of rotatable bonds is 4. The van der Waals surface area contributed by atoms with Crippen LogP contribution in [0.4, 0.5) is 4.39 Å². The molecule has 7 heteroatoms. The Hall–Kier alpha value is -3.32. The molecule has 0 aliphatic carbocycles. The molecule has 158 valence electrons. The van der Waals surface area contributed by atoms with Crippen molar-refractivity contribution >= 4 is 25.1 Å². The van der Waals surface area contributed by atoms with Crippen molar-refractivity contribution in [2.45, 2.75) is 25.2 Å². The average molecular weight is 433 g/mol. The summed E-state index contributed by atoms with van der Waals surface area (Å²) in [6, 6.07) is 18.6. The molecule has 0 saturated heterocycles. The maximum Gasteiger partial charge on any atom is 0.266 e. The molecule has 1 atom stereocenters. The molecule has 3 aromatic rings. The number of amides is 1. The van der Waals surface area contributed by atoms with E-state index in [9.17, 15) is 9.18 Å². The lowest BCUT2D eigenvalue weighted by atomic mass is 9.82. The molecule has 2 N–H and O–H groups in total. The lowest BCUT2D eigenvalue weighted by Gasteiger charge is -2.28. The van der Waals surface area contributed by atoms with E-state index in [4.69, 9.17) is 5.73 Å². The molecule has 0 saturated carbocycles. The number of carbonyl (C=O) groups excluding carboxylic acids is 1. The largest absolute Gasteiger partial charge is 0.369 e. The van der Waals surface area contributed by atoms with Crippen LogP contribution in [0.1, 0.15) is 11.1 Å². The van der Waals surface area contributed by atoms with Crippen LogP contribution in [0.3, 0.4) is 0 Å². The predicted molar refractivity (Wildman–Crippen MR) is 124 cm³/mol. The van der Waals surface area contributed by atoms with Crippen LogP contribution in [0.2, 0.25) is 19.6 Å². The number of aromatic nitrogens is 1. The second kappa shape index (κ2) is 7.42. The third-order valence-corrected chi connectivity index (χ3v) is 7.78. The van der Waals surface area contributed by atoms with Gasteiger partial charge in [-0.2, -0.15) is 4.39 Å². The smallest absolute Gasteiger partial charge is 0.266 e. The van der Waals surface area contributed by atoms with E-state index in [0.717, 1.165) is 5.56 Å².